The Kier molecular flexibility index (Phi) is 8.37. The fraction of sp³-hybridized carbons (Fsp3) is 0.406. The molecular formula is C32H38N4O2. The van der Waals surface area contributed by atoms with Gasteiger partial charge in [0.05, 0.1) is 11.4 Å². The number of aryl methyl sites for hydroxylation is 1. The van der Waals surface area contributed by atoms with Gasteiger partial charge in [-0.15, -0.1) is 0 Å². The van der Waals surface area contributed by atoms with Gasteiger partial charge in [0.25, 0.3) is 5.91 Å². The Morgan fingerprint density at radius 2 is 1.55 bits per heavy atom. The standard InChI is InChI=1S/C32H38N4O2/c1-24-17-19-25(20-18-24)31-26(23-35(34-31)28-13-7-3-8-14-28)21-22-30(37)36(29-15-9-4-10-16-29)32(38)33-27-11-5-2-6-12-27/h3,7-8,13-14,17-23,27,29H,2,4-6,9-12,15-16H2,1H3,(H,33,38)/b22-21+. The van der Waals surface area contributed by atoms with Crippen molar-refractivity contribution in [2.75, 3.05) is 0 Å². The summed E-state index contributed by atoms with van der Waals surface area (Å²) in [5, 5.41) is 8.05. The Bertz CT molecular complexity index is 1250. The van der Waals surface area contributed by atoms with E-state index in [1.807, 2.05) is 47.3 Å². The number of nitrogens with one attached hydrogen (secondary N) is 1. The van der Waals surface area contributed by atoms with Crippen LogP contribution in [-0.4, -0.2) is 38.7 Å². The zero-order chi connectivity index (χ0) is 26.3. The summed E-state index contributed by atoms with van der Waals surface area (Å²) >= 11 is 0. The highest BCUT2D eigenvalue weighted by Crippen LogP contribution is 2.27. The lowest BCUT2D eigenvalue weighted by atomic mass is 9.93. The minimum atomic E-state index is -0.257. The average molecular weight is 511 g/mol. The number of urea groups is 1. The van der Waals surface area contributed by atoms with E-state index in [1.165, 1.54) is 16.9 Å². The van der Waals surface area contributed by atoms with Crippen LogP contribution in [0.25, 0.3) is 23.0 Å². The summed E-state index contributed by atoms with van der Waals surface area (Å²) in [6.45, 7) is 2.06. The summed E-state index contributed by atoms with van der Waals surface area (Å²) in [6.07, 6.45) is 15.8. The van der Waals surface area contributed by atoms with Crippen molar-refractivity contribution in [2.24, 2.45) is 0 Å². The lowest BCUT2D eigenvalue weighted by Gasteiger charge is -2.34. The van der Waals surface area contributed by atoms with Crippen molar-refractivity contribution in [3.8, 4) is 16.9 Å². The number of imide groups is 1. The van der Waals surface area contributed by atoms with Gasteiger partial charge in [-0.1, -0.05) is 86.6 Å². The molecule has 38 heavy (non-hydrogen) atoms. The fourth-order valence-corrected chi connectivity index (χ4v) is 5.68. The Morgan fingerprint density at radius 3 is 2.24 bits per heavy atom. The molecule has 0 aliphatic heterocycles. The highest BCUT2D eigenvalue weighted by molar-refractivity contribution is 6.03. The van der Waals surface area contributed by atoms with Gasteiger partial charge in [0, 0.05) is 35.5 Å². The SMILES string of the molecule is Cc1ccc(-c2nn(-c3ccccc3)cc2/C=C/C(=O)N(C(=O)NC2CCCCC2)C2CCCCC2)cc1. The number of rotatable bonds is 6. The van der Waals surface area contributed by atoms with E-state index in [9.17, 15) is 9.59 Å². The second-order valence-electron chi connectivity index (χ2n) is 10.7. The van der Waals surface area contributed by atoms with E-state index in [-0.39, 0.29) is 24.0 Å². The third-order valence-electron chi connectivity index (χ3n) is 7.82. The van der Waals surface area contributed by atoms with Gasteiger partial charge in [-0.3, -0.25) is 9.69 Å². The maximum Gasteiger partial charge on any atom is 0.324 e. The Hall–Kier alpha value is -3.67. The average Bonchev–Trinajstić information content (AvgIpc) is 3.38. The fourth-order valence-electron chi connectivity index (χ4n) is 5.68. The molecule has 0 radical (unpaired) electrons. The van der Waals surface area contributed by atoms with Crippen molar-refractivity contribution in [2.45, 2.75) is 83.2 Å². The van der Waals surface area contributed by atoms with Crippen LogP contribution in [0.4, 0.5) is 4.79 Å². The summed E-state index contributed by atoms with van der Waals surface area (Å²) in [4.78, 5) is 28.5. The van der Waals surface area contributed by atoms with Crippen molar-refractivity contribution in [3.63, 3.8) is 0 Å². The summed E-state index contributed by atoms with van der Waals surface area (Å²) in [5.74, 6) is -0.257. The van der Waals surface area contributed by atoms with E-state index in [4.69, 9.17) is 5.10 Å². The highest BCUT2D eigenvalue weighted by Gasteiger charge is 2.31. The van der Waals surface area contributed by atoms with Gasteiger partial charge in [-0.25, -0.2) is 9.48 Å². The third kappa shape index (κ3) is 6.24. The number of amides is 3. The zero-order valence-corrected chi connectivity index (χ0v) is 22.3. The maximum atomic E-state index is 13.6. The van der Waals surface area contributed by atoms with Gasteiger partial charge in [0.2, 0.25) is 0 Å². The topological polar surface area (TPSA) is 67.2 Å². The van der Waals surface area contributed by atoms with Gasteiger partial charge >= 0.3 is 6.03 Å². The first kappa shape index (κ1) is 26.0. The molecule has 6 nitrogen and oxygen atoms in total. The predicted molar refractivity (Wildman–Crippen MR) is 152 cm³/mol. The second-order valence-corrected chi connectivity index (χ2v) is 10.7. The van der Waals surface area contributed by atoms with Crippen molar-refractivity contribution in [1.29, 1.82) is 0 Å². The largest absolute Gasteiger partial charge is 0.335 e. The molecule has 6 heteroatoms. The van der Waals surface area contributed by atoms with E-state index in [1.54, 1.807) is 6.08 Å². The highest BCUT2D eigenvalue weighted by atomic mass is 16.2. The number of hydrogen-bond acceptors (Lipinski definition) is 3. The molecule has 1 aromatic heterocycles. The van der Waals surface area contributed by atoms with Gasteiger partial charge < -0.3 is 5.32 Å². The lowest BCUT2D eigenvalue weighted by Crippen LogP contribution is -2.52. The molecule has 0 spiro atoms. The molecule has 3 aromatic rings. The number of aromatic nitrogens is 2. The molecule has 2 saturated carbocycles. The number of carbonyl (C=O) groups is 2. The molecule has 2 aromatic carbocycles. The molecule has 0 bridgehead atoms. The zero-order valence-electron chi connectivity index (χ0n) is 22.3. The molecule has 2 fully saturated rings. The first-order valence-corrected chi connectivity index (χ1v) is 14.1. The number of benzene rings is 2. The second kappa shape index (κ2) is 12.2. The van der Waals surface area contributed by atoms with Crippen molar-refractivity contribution in [1.82, 2.24) is 20.0 Å². The van der Waals surface area contributed by atoms with Crippen LogP contribution in [0.1, 0.15) is 75.3 Å². The van der Waals surface area contributed by atoms with Gasteiger partial charge in [-0.2, -0.15) is 5.10 Å². The molecule has 0 saturated heterocycles. The molecule has 3 amide bonds. The predicted octanol–water partition coefficient (Wildman–Crippen LogP) is 7.06. The third-order valence-corrected chi connectivity index (χ3v) is 7.82. The lowest BCUT2D eigenvalue weighted by molar-refractivity contribution is -0.125. The van der Waals surface area contributed by atoms with Crippen LogP contribution in [0.2, 0.25) is 0 Å². The van der Waals surface area contributed by atoms with Crippen LogP contribution in [-0.2, 0) is 4.79 Å². The minimum Gasteiger partial charge on any atom is -0.335 e. The van der Waals surface area contributed by atoms with Gasteiger partial charge in [0.15, 0.2) is 0 Å². The molecule has 0 unspecified atom stereocenters. The molecular weight excluding hydrogens is 472 g/mol. The number of nitrogens with zero attached hydrogens (tertiary/aromatic N) is 3. The number of para-hydroxylation sites is 1. The van der Waals surface area contributed by atoms with Crippen molar-refractivity contribution >= 4 is 18.0 Å². The Morgan fingerprint density at radius 1 is 0.895 bits per heavy atom. The van der Waals surface area contributed by atoms with E-state index < -0.39 is 0 Å². The summed E-state index contributed by atoms with van der Waals surface area (Å²) in [5.41, 5.74) is 4.74. The van der Waals surface area contributed by atoms with E-state index >= 15 is 0 Å². The maximum absolute atomic E-state index is 13.6. The van der Waals surface area contributed by atoms with E-state index in [0.29, 0.717) is 0 Å². The Balaban J connectivity index is 1.43. The summed E-state index contributed by atoms with van der Waals surface area (Å²) in [6, 6.07) is 18.1. The Labute approximate surface area is 225 Å². The number of hydrogen-bond donors (Lipinski definition) is 1. The minimum absolute atomic E-state index is 0.0481. The van der Waals surface area contributed by atoms with Crippen molar-refractivity contribution in [3.05, 3.63) is 78.0 Å². The first-order chi connectivity index (χ1) is 18.6. The molecule has 1 N–H and O–H groups in total. The molecule has 0 atom stereocenters. The monoisotopic (exact) mass is 510 g/mol. The normalized spacial score (nSPS) is 17.0. The molecule has 198 valence electrons. The molecule has 2 aliphatic rings. The van der Waals surface area contributed by atoms with Crippen LogP contribution in [0, 0.1) is 6.92 Å². The van der Waals surface area contributed by atoms with E-state index in [2.05, 4.69) is 36.5 Å². The first-order valence-electron chi connectivity index (χ1n) is 14.1. The van der Waals surface area contributed by atoms with E-state index in [0.717, 1.165) is 80.3 Å². The summed E-state index contributed by atoms with van der Waals surface area (Å²) in [7, 11) is 0. The van der Waals surface area contributed by atoms with Crippen LogP contribution in [0.3, 0.4) is 0 Å². The van der Waals surface area contributed by atoms with Gasteiger partial charge in [0.1, 0.15) is 0 Å². The quantitative estimate of drug-likeness (QED) is 0.361. The van der Waals surface area contributed by atoms with Gasteiger partial charge in [-0.05, 0) is 50.8 Å². The molecule has 2 aliphatic carbocycles. The number of carbonyl (C=O) groups excluding carboxylic acids is 2. The van der Waals surface area contributed by atoms with Crippen LogP contribution < -0.4 is 5.32 Å². The van der Waals surface area contributed by atoms with Crippen LogP contribution in [0.15, 0.2) is 66.9 Å². The molecule has 5 rings (SSSR count). The summed E-state index contributed by atoms with van der Waals surface area (Å²) < 4.78 is 1.84. The van der Waals surface area contributed by atoms with Crippen molar-refractivity contribution < 1.29 is 9.59 Å². The van der Waals surface area contributed by atoms with Crippen LogP contribution >= 0.6 is 0 Å². The smallest absolute Gasteiger partial charge is 0.324 e. The van der Waals surface area contributed by atoms with Crippen LogP contribution in [0.5, 0.6) is 0 Å². The molecule has 1 heterocycles.